The van der Waals surface area contributed by atoms with Crippen LogP contribution < -0.4 is 0 Å². The molecule has 1 rings (SSSR count). The molecule has 1 atom stereocenters. The molecule has 1 N–H and O–H groups in total. The van der Waals surface area contributed by atoms with Crippen LogP contribution in [0, 0.1) is 0 Å². The molecule has 0 aromatic heterocycles. The minimum atomic E-state index is -4.59. The molecule has 0 heterocycles. The quantitative estimate of drug-likeness (QED) is 0.781. The first-order valence-corrected chi connectivity index (χ1v) is 3.98. The average molecular weight is 202 g/mol. The molecule has 0 aliphatic heterocycles. The summed E-state index contributed by atoms with van der Waals surface area (Å²) in [7, 11) is 0. The Morgan fingerprint density at radius 2 is 1.71 bits per heavy atom. The van der Waals surface area contributed by atoms with E-state index in [-0.39, 0.29) is 0 Å². The maximum absolute atomic E-state index is 11.9. The van der Waals surface area contributed by atoms with Crippen LogP contribution in [0.25, 0.3) is 6.08 Å². The molecular formula is C10H9F3O. The molecule has 0 saturated heterocycles. The summed E-state index contributed by atoms with van der Waals surface area (Å²) in [5, 5.41) is 8.64. The third-order valence-corrected chi connectivity index (χ3v) is 1.61. The van der Waals surface area contributed by atoms with Crippen molar-refractivity contribution >= 4 is 6.08 Å². The van der Waals surface area contributed by atoms with Gasteiger partial charge in [-0.05, 0) is 11.6 Å². The summed E-state index contributed by atoms with van der Waals surface area (Å²) in [5.41, 5.74) is 0.621. The first-order chi connectivity index (χ1) is 6.50. The molecular weight excluding hydrogens is 193 g/mol. The van der Waals surface area contributed by atoms with E-state index >= 15 is 0 Å². The summed E-state index contributed by atoms with van der Waals surface area (Å²) >= 11 is 0. The van der Waals surface area contributed by atoms with Gasteiger partial charge in [-0.25, -0.2) is 0 Å². The second-order valence-corrected chi connectivity index (χ2v) is 2.76. The highest BCUT2D eigenvalue weighted by atomic mass is 19.4. The topological polar surface area (TPSA) is 20.2 Å². The molecule has 14 heavy (non-hydrogen) atoms. The SMILES string of the molecule is O[C@H](C=Cc1ccccc1)C(F)(F)F. The molecule has 1 aromatic carbocycles. The number of aliphatic hydroxyl groups is 1. The van der Waals surface area contributed by atoms with Crippen LogP contribution in [0.15, 0.2) is 36.4 Å². The fourth-order valence-electron chi connectivity index (χ4n) is 0.876. The molecule has 0 aliphatic carbocycles. The second kappa shape index (κ2) is 4.28. The van der Waals surface area contributed by atoms with Crippen LogP contribution >= 0.6 is 0 Å². The molecule has 1 aromatic rings. The number of hydrogen-bond donors (Lipinski definition) is 1. The van der Waals surface area contributed by atoms with Crippen molar-refractivity contribution in [1.82, 2.24) is 0 Å². The van der Waals surface area contributed by atoms with Crippen molar-refractivity contribution in [3.05, 3.63) is 42.0 Å². The van der Waals surface area contributed by atoms with E-state index in [2.05, 4.69) is 0 Å². The lowest BCUT2D eigenvalue weighted by atomic mass is 10.2. The monoisotopic (exact) mass is 202 g/mol. The molecule has 0 fully saturated rings. The van der Waals surface area contributed by atoms with Gasteiger partial charge < -0.3 is 5.11 Å². The van der Waals surface area contributed by atoms with Crippen LogP contribution in [0.1, 0.15) is 5.56 Å². The predicted octanol–water partition coefficient (Wildman–Crippen LogP) is 2.62. The zero-order chi connectivity index (χ0) is 10.6. The Morgan fingerprint density at radius 1 is 1.14 bits per heavy atom. The minimum Gasteiger partial charge on any atom is -0.380 e. The van der Waals surface area contributed by atoms with Crippen LogP contribution in [0.3, 0.4) is 0 Å². The number of halogens is 3. The van der Waals surface area contributed by atoms with Crippen molar-refractivity contribution < 1.29 is 18.3 Å². The van der Waals surface area contributed by atoms with Crippen molar-refractivity contribution in [3.63, 3.8) is 0 Å². The standard InChI is InChI=1S/C10H9F3O/c11-10(12,13)9(14)7-6-8-4-2-1-3-5-8/h1-7,9,14H/t9-/m1/s1. The second-order valence-electron chi connectivity index (χ2n) is 2.76. The Labute approximate surface area is 79.5 Å². The Bertz CT molecular complexity index is 303. The molecule has 76 valence electrons. The van der Waals surface area contributed by atoms with Crippen LogP contribution in [0.2, 0.25) is 0 Å². The van der Waals surface area contributed by atoms with Crippen molar-refractivity contribution in [2.24, 2.45) is 0 Å². The van der Waals surface area contributed by atoms with E-state index in [0.717, 1.165) is 6.08 Å². The van der Waals surface area contributed by atoms with Gasteiger partial charge >= 0.3 is 6.18 Å². The lowest BCUT2D eigenvalue weighted by Gasteiger charge is -2.09. The molecule has 0 radical (unpaired) electrons. The first kappa shape index (κ1) is 10.8. The van der Waals surface area contributed by atoms with E-state index in [0.29, 0.717) is 5.56 Å². The van der Waals surface area contributed by atoms with Crippen molar-refractivity contribution in [2.75, 3.05) is 0 Å². The summed E-state index contributed by atoms with van der Waals surface area (Å²) in [4.78, 5) is 0. The van der Waals surface area contributed by atoms with Gasteiger partial charge in [-0.2, -0.15) is 13.2 Å². The van der Waals surface area contributed by atoms with Crippen LogP contribution in [-0.2, 0) is 0 Å². The summed E-state index contributed by atoms with van der Waals surface area (Å²) in [6.07, 6.45) is -5.04. The highest BCUT2D eigenvalue weighted by Gasteiger charge is 2.35. The summed E-state index contributed by atoms with van der Waals surface area (Å²) in [6.45, 7) is 0. The van der Waals surface area contributed by atoms with E-state index in [9.17, 15) is 13.2 Å². The Kier molecular flexibility index (Phi) is 3.30. The largest absolute Gasteiger partial charge is 0.417 e. The van der Waals surface area contributed by atoms with Gasteiger partial charge in [0.1, 0.15) is 0 Å². The molecule has 0 amide bonds. The maximum atomic E-state index is 11.9. The summed E-state index contributed by atoms with van der Waals surface area (Å²) < 4.78 is 35.6. The number of hydrogen-bond acceptors (Lipinski definition) is 1. The average Bonchev–Trinajstić information content (AvgIpc) is 2.14. The zero-order valence-corrected chi connectivity index (χ0v) is 7.20. The molecule has 1 nitrogen and oxygen atoms in total. The molecule has 0 aliphatic rings. The highest BCUT2D eigenvalue weighted by Crippen LogP contribution is 2.21. The van der Waals surface area contributed by atoms with Gasteiger partial charge in [0.05, 0.1) is 0 Å². The van der Waals surface area contributed by atoms with E-state index in [1.54, 1.807) is 30.3 Å². The third-order valence-electron chi connectivity index (χ3n) is 1.61. The van der Waals surface area contributed by atoms with Gasteiger partial charge in [-0.3, -0.25) is 0 Å². The van der Waals surface area contributed by atoms with Crippen molar-refractivity contribution in [3.8, 4) is 0 Å². The molecule has 4 heteroatoms. The summed E-state index contributed by atoms with van der Waals surface area (Å²) in [6, 6.07) is 8.48. The number of alkyl halides is 3. The van der Waals surface area contributed by atoms with Crippen LogP contribution in [0.5, 0.6) is 0 Å². The number of aliphatic hydroxyl groups excluding tert-OH is 1. The maximum Gasteiger partial charge on any atom is 0.417 e. The van der Waals surface area contributed by atoms with Crippen LogP contribution in [0.4, 0.5) is 13.2 Å². The van der Waals surface area contributed by atoms with Crippen LogP contribution in [-0.4, -0.2) is 17.4 Å². The Balaban J connectivity index is 2.66. The fraction of sp³-hybridized carbons (Fsp3) is 0.200. The van der Waals surface area contributed by atoms with Gasteiger partial charge in [-0.15, -0.1) is 0 Å². The van der Waals surface area contributed by atoms with Gasteiger partial charge in [-0.1, -0.05) is 36.4 Å². The van der Waals surface area contributed by atoms with E-state index in [4.69, 9.17) is 5.11 Å². The molecule has 0 spiro atoms. The fourth-order valence-corrected chi connectivity index (χ4v) is 0.876. The molecule has 0 saturated carbocycles. The summed E-state index contributed by atoms with van der Waals surface area (Å²) in [5.74, 6) is 0. The van der Waals surface area contributed by atoms with E-state index in [1.165, 1.54) is 6.08 Å². The highest BCUT2D eigenvalue weighted by molar-refractivity contribution is 5.49. The normalized spacial score (nSPS) is 14.6. The van der Waals surface area contributed by atoms with Gasteiger partial charge in [0, 0.05) is 0 Å². The Morgan fingerprint density at radius 3 is 2.21 bits per heavy atom. The lowest BCUT2D eigenvalue weighted by molar-refractivity contribution is -0.187. The molecule has 0 unspecified atom stereocenters. The predicted molar refractivity (Wildman–Crippen MR) is 47.5 cm³/mol. The van der Waals surface area contributed by atoms with Gasteiger partial charge in [0.15, 0.2) is 6.10 Å². The molecule has 0 bridgehead atoms. The zero-order valence-electron chi connectivity index (χ0n) is 7.20. The van der Waals surface area contributed by atoms with Crippen molar-refractivity contribution in [1.29, 1.82) is 0 Å². The Hall–Kier alpha value is -1.29. The number of rotatable bonds is 2. The smallest absolute Gasteiger partial charge is 0.380 e. The third kappa shape index (κ3) is 3.22. The minimum absolute atomic E-state index is 0.621. The van der Waals surface area contributed by atoms with Gasteiger partial charge in [0.25, 0.3) is 0 Å². The number of benzene rings is 1. The van der Waals surface area contributed by atoms with Crippen molar-refractivity contribution in [2.45, 2.75) is 12.3 Å². The lowest BCUT2D eigenvalue weighted by Crippen LogP contribution is -2.25. The van der Waals surface area contributed by atoms with Gasteiger partial charge in [0.2, 0.25) is 0 Å². The van der Waals surface area contributed by atoms with E-state index < -0.39 is 12.3 Å². The first-order valence-electron chi connectivity index (χ1n) is 3.98. The van der Waals surface area contributed by atoms with E-state index in [1.807, 2.05) is 0 Å².